The summed E-state index contributed by atoms with van der Waals surface area (Å²) >= 11 is 0. The van der Waals surface area contributed by atoms with E-state index < -0.39 is 5.41 Å². The molecule has 1 rings (SSSR count). The van der Waals surface area contributed by atoms with E-state index in [1.54, 1.807) is 6.92 Å². The van der Waals surface area contributed by atoms with E-state index in [4.69, 9.17) is 4.74 Å². The fourth-order valence-corrected chi connectivity index (χ4v) is 2.92. The van der Waals surface area contributed by atoms with Gasteiger partial charge >= 0.3 is 5.97 Å². The molecule has 1 fully saturated rings. The Kier molecular flexibility index (Phi) is 4.90. The number of carbonyl (C=O) groups is 1. The highest BCUT2D eigenvalue weighted by Gasteiger charge is 2.41. The molecule has 5 nitrogen and oxygen atoms in total. The third-order valence-corrected chi connectivity index (χ3v) is 3.47. The highest BCUT2D eigenvalue weighted by atomic mass is 16.6. The summed E-state index contributed by atoms with van der Waals surface area (Å²) < 4.78 is 4.92. The Hall–Kier alpha value is -1.13. The molecular formula is C12H21NO4. The Morgan fingerprint density at radius 3 is 2.82 bits per heavy atom. The molecule has 0 bridgehead atoms. The van der Waals surface area contributed by atoms with E-state index in [2.05, 4.69) is 6.92 Å². The number of ether oxygens (including phenoxy) is 1. The van der Waals surface area contributed by atoms with E-state index >= 15 is 0 Å². The number of hydrogen-bond acceptors (Lipinski definition) is 4. The quantitative estimate of drug-likeness (QED) is 0.422. The molecular weight excluding hydrogens is 222 g/mol. The molecule has 2 atom stereocenters. The van der Waals surface area contributed by atoms with Crippen LogP contribution in [0, 0.1) is 21.4 Å². The van der Waals surface area contributed by atoms with Crippen molar-refractivity contribution >= 4 is 5.97 Å². The van der Waals surface area contributed by atoms with Gasteiger partial charge in [-0.2, -0.15) is 0 Å². The molecule has 0 amide bonds. The molecule has 1 aliphatic rings. The Bertz CT molecular complexity index is 292. The van der Waals surface area contributed by atoms with Crippen LogP contribution in [0.5, 0.6) is 0 Å². The van der Waals surface area contributed by atoms with Crippen LogP contribution in [-0.4, -0.2) is 24.0 Å². The van der Waals surface area contributed by atoms with Gasteiger partial charge in [0, 0.05) is 10.3 Å². The minimum absolute atomic E-state index is 0.115. The van der Waals surface area contributed by atoms with Crippen LogP contribution in [0.15, 0.2) is 0 Å². The lowest BCUT2D eigenvalue weighted by atomic mass is 9.68. The molecule has 5 heteroatoms. The average Bonchev–Trinajstić information content (AvgIpc) is 2.15. The van der Waals surface area contributed by atoms with Crippen LogP contribution >= 0.6 is 0 Å². The number of nitro groups is 1. The molecule has 0 aromatic rings. The zero-order chi connectivity index (χ0) is 12.9. The van der Waals surface area contributed by atoms with E-state index in [-0.39, 0.29) is 23.9 Å². The lowest BCUT2D eigenvalue weighted by molar-refractivity contribution is -0.499. The summed E-state index contributed by atoms with van der Waals surface area (Å²) in [6, 6.07) is 0. The molecule has 0 aromatic carbocycles. The molecule has 17 heavy (non-hydrogen) atoms. The van der Waals surface area contributed by atoms with Crippen LogP contribution in [0.4, 0.5) is 0 Å². The maximum Gasteiger partial charge on any atom is 0.306 e. The van der Waals surface area contributed by atoms with Gasteiger partial charge in [-0.1, -0.05) is 19.8 Å². The Labute approximate surface area is 102 Å². The minimum atomic E-state index is -0.479. The normalized spacial score (nSPS) is 28.7. The number of carbonyl (C=O) groups excluding carboxylic acids is 1. The van der Waals surface area contributed by atoms with Gasteiger partial charge in [0.25, 0.3) is 0 Å². The highest BCUT2D eigenvalue weighted by Crippen LogP contribution is 2.42. The minimum Gasteiger partial charge on any atom is -0.466 e. The third-order valence-electron chi connectivity index (χ3n) is 3.47. The third kappa shape index (κ3) is 4.32. The van der Waals surface area contributed by atoms with E-state index in [0.29, 0.717) is 12.5 Å². The molecule has 1 aliphatic carbocycles. The average molecular weight is 243 g/mol. The SMILES string of the molecule is CCOC(=O)C[C@]1(C[N+](=O)[O-])CCC[C@@H](C)C1. The van der Waals surface area contributed by atoms with Crippen LogP contribution in [0.1, 0.15) is 46.0 Å². The molecule has 0 spiro atoms. The summed E-state index contributed by atoms with van der Waals surface area (Å²) in [5.41, 5.74) is -0.479. The molecule has 98 valence electrons. The maximum absolute atomic E-state index is 11.6. The van der Waals surface area contributed by atoms with Gasteiger partial charge in [0.1, 0.15) is 0 Å². The largest absolute Gasteiger partial charge is 0.466 e. The van der Waals surface area contributed by atoms with Gasteiger partial charge in [0.05, 0.1) is 13.0 Å². The van der Waals surface area contributed by atoms with Crippen molar-refractivity contribution in [2.75, 3.05) is 13.2 Å². The van der Waals surface area contributed by atoms with Crippen molar-refractivity contribution in [3.8, 4) is 0 Å². The molecule has 0 heterocycles. The maximum atomic E-state index is 11.6. The van der Waals surface area contributed by atoms with Crippen molar-refractivity contribution in [2.24, 2.45) is 11.3 Å². The predicted octanol–water partition coefficient (Wildman–Crippen LogP) is 2.41. The molecule has 0 unspecified atom stereocenters. The van der Waals surface area contributed by atoms with E-state index in [0.717, 1.165) is 25.7 Å². The lowest BCUT2D eigenvalue weighted by Crippen LogP contribution is -2.37. The van der Waals surface area contributed by atoms with Crippen LogP contribution in [0.2, 0.25) is 0 Å². The molecule has 0 saturated heterocycles. The Morgan fingerprint density at radius 2 is 2.29 bits per heavy atom. The van der Waals surface area contributed by atoms with Gasteiger partial charge in [-0.15, -0.1) is 0 Å². The van der Waals surface area contributed by atoms with Crippen molar-refractivity contribution in [3.63, 3.8) is 0 Å². The van der Waals surface area contributed by atoms with Crippen LogP contribution in [0.3, 0.4) is 0 Å². The predicted molar refractivity (Wildman–Crippen MR) is 63.2 cm³/mol. The second-order valence-corrected chi connectivity index (χ2v) is 5.17. The molecule has 0 aliphatic heterocycles. The smallest absolute Gasteiger partial charge is 0.306 e. The highest BCUT2D eigenvalue weighted by molar-refractivity contribution is 5.70. The first-order chi connectivity index (χ1) is 7.97. The van der Waals surface area contributed by atoms with Crippen molar-refractivity contribution in [2.45, 2.75) is 46.0 Å². The molecule has 0 N–H and O–H groups in total. The van der Waals surface area contributed by atoms with Gasteiger partial charge in [-0.05, 0) is 25.7 Å². The van der Waals surface area contributed by atoms with Crippen molar-refractivity contribution in [3.05, 3.63) is 10.1 Å². The molecule has 1 saturated carbocycles. The van der Waals surface area contributed by atoms with Crippen molar-refractivity contribution < 1.29 is 14.5 Å². The second kappa shape index (κ2) is 5.98. The fraction of sp³-hybridized carbons (Fsp3) is 0.917. The summed E-state index contributed by atoms with van der Waals surface area (Å²) in [6.45, 7) is 4.07. The summed E-state index contributed by atoms with van der Waals surface area (Å²) in [7, 11) is 0. The van der Waals surface area contributed by atoms with Crippen LogP contribution < -0.4 is 0 Å². The van der Waals surface area contributed by atoms with Crippen LogP contribution in [0.25, 0.3) is 0 Å². The van der Waals surface area contributed by atoms with Crippen LogP contribution in [-0.2, 0) is 9.53 Å². The molecule has 0 radical (unpaired) electrons. The van der Waals surface area contributed by atoms with Gasteiger partial charge in [0.2, 0.25) is 6.54 Å². The van der Waals surface area contributed by atoms with Gasteiger partial charge in [-0.25, -0.2) is 0 Å². The van der Waals surface area contributed by atoms with Gasteiger partial charge in [0.15, 0.2) is 0 Å². The summed E-state index contributed by atoms with van der Waals surface area (Å²) in [5.74, 6) is 0.154. The number of nitrogens with zero attached hydrogens (tertiary/aromatic N) is 1. The second-order valence-electron chi connectivity index (χ2n) is 5.17. The topological polar surface area (TPSA) is 69.4 Å². The zero-order valence-corrected chi connectivity index (χ0v) is 10.6. The fourth-order valence-electron chi connectivity index (χ4n) is 2.92. The summed E-state index contributed by atoms with van der Waals surface area (Å²) in [5, 5.41) is 10.8. The Morgan fingerprint density at radius 1 is 1.59 bits per heavy atom. The lowest BCUT2D eigenvalue weighted by Gasteiger charge is -2.36. The first kappa shape index (κ1) is 13.9. The van der Waals surface area contributed by atoms with Crippen molar-refractivity contribution in [1.29, 1.82) is 0 Å². The molecule has 0 aromatic heterocycles. The summed E-state index contributed by atoms with van der Waals surface area (Å²) in [6.07, 6.45) is 3.77. The zero-order valence-electron chi connectivity index (χ0n) is 10.6. The first-order valence-electron chi connectivity index (χ1n) is 6.25. The monoisotopic (exact) mass is 243 g/mol. The van der Waals surface area contributed by atoms with Crippen molar-refractivity contribution in [1.82, 2.24) is 0 Å². The number of esters is 1. The van der Waals surface area contributed by atoms with E-state index in [1.807, 2.05) is 0 Å². The van der Waals surface area contributed by atoms with E-state index in [1.165, 1.54) is 0 Å². The van der Waals surface area contributed by atoms with E-state index in [9.17, 15) is 14.9 Å². The van der Waals surface area contributed by atoms with Gasteiger partial charge in [-0.3, -0.25) is 14.9 Å². The summed E-state index contributed by atoms with van der Waals surface area (Å²) in [4.78, 5) is 22.0. The Balaban J connectivity index is 2.70. The van der Waals surface area contributed by atoms with Gasteiger partial charge < -0.3 is 4.74 Å². The first-order valence-corrected chi connectivity index (χ1v) is 6.25. The standard InChI is InChI=1S/C12H21NO4/c1-3-17-11(14)8-12(9-13(15)16)6-4-5-10(2)7-12/h10H,3-9H2,1-2H3/t10-,12+/m1/s1. The number of hydrogen-bond donors (Lipinski definition) is 0. The number of rotatable bonds is 5.